The van der Waals surface area contributed by atoms with Crippen LogP contribution in [0.4, 0.5) is 4.39 Å². The molecule has 0 saturated carbocycles. The molecule has 0 amide bonds. The van der Waals surface area contributed by atoms with Crippen molar-refractivity contribution in [3.8, 4) is 0 Å². The van der Waals surface area contributed by atoms with E-state index in [-0.39, 0.29) is 11.9 Å². The number of rotatable bonds is 4. The fraction of sp³-hybridized carbons (Fsp3) is 0.214. The van der Waals surface area contributed by atoms with Crippen LogP contribution in [0, 0.1) is 12.7 Å². The lowest BCUT2D eigenvalue weighted by Crippen LogP contribution is -2.29. The molecule has 2 rings (SSSR count). The topological polar surface area (TPSA) is 50.9 Å². The van der Waals surface area contributed by atoms with Crippen LogP contribution in [-0.2, 0) is 6.42 Å². The Labute approximate surface area is 120 Å². The number of halogens is 2. The molecule has 0 bridgehead atoms. The first kappa shape index (κ1) is 14.1. The molecule has 3 nitrogen and oxygen atoms in total. The summed E-state index contributed by atoms with van der Waals surface area (Å²) in [5, 5.41) is 0. The molecule has 0 saturated heterocycles. The minimum absolute atomic E-state index is 0.0610. The molecule has 2 aromatic rings. The highest BCUT2D eigenvalue weighted by atomic mass is 79.9. The van der Waals surface area contributed by atoms with Gasteiger partial charge in [-0.2, -0.15) is 0 Å². The first-order valence-electron chi connectivity index (χ1n) is 5.91. The van der Waals surface area contributed by atoms with Crippen LogP contribution >= 0.6 is 15.9 Å². The van der Waals surface area contributed by atoms with Gasteiger partial charge in [-0.3, -0.25) is 16.3 Å². The monoisotopic (exact) mass is 323 g/mol. The van der Waals surface area contributed by atoms with E-state index in [1.165, 1.54) is 12.1 Å². The summed E-state index contributed by atoms with van der Waals surface area (Å²) >= 11 is 3.39. The van der Waals surface area contributed by atoms with Crippen molar-refractivity contribution in [1.29, 1.82) is 0 Å². The SMILES string of the molecule is Cc1cc(F)ccc1CC(NN)c1cncc(Br)c1. The largest absolute Gasteiger partial charge is 0.271 e. The Hall–Kier alpha value is -1.30. The van der Waals surface area contributed by atoms with Gasteiger partial charge in [-0.1, -0.05) is 6.07 Å². The van der Waals surface area contributed by atoms with Gasteiger partial charge >= 0.3 is 0 Å². The number of hydrogen-bond donors (Lipinski definition) is 2. The van der Waals surface area contributed by atoms with Crippen LogP contribution in [0.1, 0.15) is 22.7 Å². The molecule has 0 aliphatic heterocycles. The second kappa shape index (κ2) is 6.23. The summed E-state index contributed by atoms with van der Waals surface area (Å²) in [6.45, 7) is 1.89. The van der Waals surface area contributed by atoms with E-state index in [0.717, 1.165) is 21.2 Å². The zero-order valence-electron chi connectivity index (χ0n) is 10.5. The Morgan fingerprint density at radius 2 is 2.16 bits per heavy atom. The van der Waals surface area contributed by atoms with Gasteiger partial charge < -0.3 is 0 Å². The number of hydrogen-bond acceptors (Lipinski definition) is 3. The Bertz CT molecular complexity index is 574. The van der Waals surface area contributed by atoms with Crippen molar-refractivity contribution in [3.05, 3.63) is 63.6 Å². The van der Waals surface area contributed by atoms with E-state index in [0.29, 0.717) is 6.42 Å². The van der Waals surface area contributed by atoms with E-state index in [2.05, 4.69) is 26.3 Å². The summed E-state index contributed by atoms with van der Waals surface area (Å²) in [4.78, 5) is 4.13. The molecule has 0 spiro atoms. The zero-order valence-corrected chi connectivity index (χ0v) is 12.1. The number of nitrogens with one attached hydrogen (secondary N) is 1. The summed E-state index contributed by atoms with van der Waals surface area (Å²) in [5.74, 6) is 5.40. The van der Waals surface area contributed by atoms with Crippen LogP contribution in [0.15, 0.2) is 41.1 Å². The molecule has 5 heteroatoms. The van der Waals surface area contributed by atoms with Crippen LogP contribution in [0.3, 0.4) is 0 Å². The van der Waals surface area contributed by atoms with Crippen molar-refractivity contribution in [2.24, 2.45) is 5.84 Å². The minimum atomic E-state index is -0.220. The lowest BCUT2D eigenvalue weighted by molar-refractivity contribution is 0.547. The van der Waals surface area contributed by atoms with E-state index in [1.54, 1.807) is 18.5 Å². The third-order valence-electron chi connectivity index (χ3n) is 3.06. The number of hydrazine groups is 1. The second-order valence-corrected chi connectivity index (χ2v) is 5.35. The molecule has 1 unspecified atom stereocenters. The highest BCUT2D eigenvalue weighted by molar-refractivity contribution is 9.10. The van der Waals surface area contributed by atoms with E-state index in [4.69, 9.17) is 5.84 Å². The van der Waals surface area contributed by atoms with Crippen molar-refractivity contribution in [1.82, 2.24) is 10.4 Å². The van der Waals surface area contributed by atoms with Crippen molar-refractivity contribution in [2.75, 3.05) is 0 Å². The van der Waals surface area contributed by atoms with Gasteiger partial charge in [0.25, 0.3) is 0 Å². The molecular formula is C14H15BrFN3. The second-order valence-electron chi connectivity index (χ2n) is 4.43. The molecular weight excluding hydrogens is 309 g/mol. The summed E-state index contributed by atoms with van der Waals surface area (Å²) in [6, 6.07) is 6.70. The number of nitrogens with zero attached hydrogens (tertiary/aromatic N) is 1. The maximum atomic E-state index is 13.1. The molecule has 1 aromatic carbocycles. The van der Waals surface area contributed by atoms with Gasteiger partial charge in [-0.25, -0.2) is 4.39 Å². The molecule has 19 heavy (non-hydrogen) atoms. The molecule has 1 aromatic heterocycles. The highest BCUT2D eigenvalue weighted by Gasteiger charge is 2.13. The van der Waals surface area contributed by atoms with Gasteiger partial charge in [0, 0.05) is 16.9 Å². The Morgan fingerprint density at radius 3 is 2.79 bits per heavy atom. The maximum Gasteiger partial charge on any atom is 0.123 e. The Kier molecular flexibility index (Phi) is 4.63. The standard InChI is InChI=1S/C14H15BrFN3/c1-9-4-13(16)3-2-10(9)6-14(19-17)11-5-12(15)8-18-7-11/h2-5,7-8,14,19H,6,17H2,1H3. The number of benzene rings is 1. The molecule has 1 atom stereocenters. The first-order valence-corrected chi connectivity index (χ1v) is 6.71. The fourth-order valence-electron chi connectivity index (χ4n) is 2.00. The lowest BCUT2D eigenvalue weighted by Gasteiger charge is -2.17. The summed E-state index contributed by atoms with van der Waals surface area (Å²) in [7, 11) is 0. The number of pyridine rings is 1. The highest BCUT2D eigenvalue weighted by Crippen LogP contribution is 2.22. The van der Waals surface area contributed by atoms with Crippen molar-refractivity contribution in [3.63, 3.8) is 0 Å². The van der Waals surface area contributed by atoms with Gasteiger partial charge in [-0.05, 0) is 64.2 Å². The van der Waals surface area contributed by atoms with E-state index in [1.807, 2.05) is 13.0 Å². The van der Waals surface area contributed by atoms with Gasteiger partial charge in [0.2, 0.25) is 0 Å². The number of nitrogens with two attached hydrogens (primary N) is 1. The van der Waals surface area contributed by atoms with Crippen LogP contribution in [0.2, 0.25) is 0 Å². The zero-order chi connectivity index (χ0) is 13.8. The summed E-state index contributed by atoms with van der Waals surface area (Å²) < 4.78 is 14.0. The lowest BCUT2D eigenvalue weighted by atomic mass is 9.97. The average molecular weight is 324 g/mol. The number of aromatic nitrogens is 1. The average Bonchev–Trinajstić information content (AvgIpc) is 2.38. The molecule has 100 valence electrons. The van der Waals surface area contributed by atoms with Crippen molar-refractivity contribution >= 4 is 15.9 Å². The van der Waals surface area contributed by atoms with E-state index in [9.17, 15) is 4.39 Å². The Morgan fingerprint density at radius 1 is 1.37 bits per heavy atom. The Balaban J connectivity index is 2.24. The van der Waals surface area contributed by atoms with Gasteiger partial charge in [0.05, 0.1) is 6.04 Å². The molecule has 0 aliphatic rings. The van der Waals surface area contributed by atoms with Crippen molar-refractivity contribution < 1.29 is 4.39 Å². The van der Waals surface area contributed by atoms with Crippen molar-refractivity contribution in [2.45, 2.75) is 19.4 Å². The van der Waals surface area contributed by atoms with E-state index >= 15 is 0 Å². The smallest absolute Gasteiger partial charge is 0.123 e. The summed E-state index contributed by atoms with van der Waals surface area (Å²) in [5.41, 5.74) is 5.75. The van der Waals surface area contributed by atoms with Crippen LogP contribution in [0.5, 0.6) is 0 Å². The third kappa shape index (κ3) is 3.59. The quantitative estimate of drug-likeness (QED) is 0.671. The predicted molar refractivity (Wildman–Crippen MR) is 76.8 cm³/mol. The minimum Gasteiger partial charge on any atom is -0.271 e. The molecule has 0 fully saturated rings. The van der Waals surface area contributed by atoms with Crippen LogP contribution < -0.4 is 11.3 Å². The van der Waals surface area contributed by atoms with Gasteiger partial charge in [0.1, 0.15) is 5.82 Å². The maximum absolute atomic E-state index is 13.1. The summed E-state index contributed by atoms with van der Waals surface area (Å²) in [6.07, 6.45) is 4.18. The number of aryl methyl sites for hydroxylation is 1. The van der Waals surface area contributed by atoms with Gasteiger partial charge in [0.15, 0.2) is 0 Å². The molecule has 1 heterocycles. The molecule has 3 N–H and O–H groups in total. The fourth-order valence-corrected chi connectivity index (χ4v) is 2.38. The third-order valence-corrected chi connectivity index (χ3v) is 3.49. The normalized spacial score (nSPS) is 12.4. The van der Waals surface area contributed by atoms with Gasteiger partial charge in [-0.15, -0.1) is 0 Å². The van der Waals surface area contributed by atoms with Crippen LogP contribution in [-0.4, -0.2) is 4.98 Å². The predicted octanol–water partition coefficient (Wildman–Crippen LogP) is 3.04. The molecule has 0 aliphatic carbocycles. The first-order chi connectivity index (χ1) is 9.10. The molecule has 0 radical (unpaired) electrons. The van der Waals surface area contributed by atoms with Crippen LogP contribution in [0.25, 0.3) is 0 Å². The van der Waals surface area contributed by atoms with E-state index < -0.39 is 0 Å².